The van der Waals surface area contributed by atoms with Gasteiger partial charge in [-0.3, -0.25) is 4.79 Å². The summed E-state index contributed by atoms with van der Waals surface area (Å²) in [5.41, 5.74) is 0.574. The molecule has 4 heteroatoms. The lowest BCUT2D eigenvalue weighted by molar-refractivity contribution is -0.141. The van der Waals surface area contributed by atoms with Crippen LogP contribution in [0.2, 0.25) is 0 Å². The summed E-state index contributed by atoms with van der Waals surface area (Å²) in [7, 11) is 0. The number of carbonyl (C=O) groups excluding carboxylic acids is 1. The molecule has 3 rings (SSSR count). The Morgan fingerprint density at radius 2 is 1.72 bits per heavy atom. The van der Waals surface area contributed by atoms with E-state index in [1.165, 1.54) is 38.5 Å². The normalized spacial score (nSPS) is 26.3. The second-order valence-electron chi connectivity index (χ2n) is 8.81. The number of hydrogen-bond donors (Lipinski definition) is 0. The van der Waals surface area contributed by atoms with Crippen LogP contribution < -0.4 is 4.74 Å². The highest BCUT2D eigenvalue weighted by Gasteiger charge is 2.38. The molecule has 0 radical (unpaired) electrons. The minimum atomic E-state index is -0.112. The monoisotopic (exact) mass is 397 g/mol. The van der Waals surface area contributed by atoms with E-state index >= 15 is 0 Å². The first kappa shape index (κ1) is 21.8. The van der Waals surface area contributed by atoms with E-state index in [1.807, 2.05) is 0 Å². The molecule has 0 spiro atoms. The molecule has 2 fully saturated rings. The molecule has 0 heterocycles. The predicted molar refractivity (Wildman–Crippen MR) is 113 cm³/mol. The maximum atomic E-state index is 12.6. The second-order valence-corrected chi connectivity index (χ2v) is 8.81. The zero-order valence-electron chi connectivity index (χ0n) is 17.8. The summed E-state index contributed by atoms with van der Waals surface area (Å²) in [6.07, 6.45) is 13.3. The molecular weight excluding hydrogens is 362 g/mol. The van der Waals surface area contributed by atoms with Gasteiger partial charge in [-0.1, -0.05) is 32.6 Å². The van der Waals surface area contributed by atoms with Gasteiger partial charge in [-0.2, -0.15) is 5.26 Å². The first-order valence-electron chi connectivity index (χ1n) is 11.5. The maximum absolute atomic E-state index is 12.6. The van der Waals surface area contributed by atoms with Crippen molar-refractivity contribution in [3.8, 4) is 11.8 Å². The van der Waals surface area contributed by atoms with Crippen LogP contribution in [0.1, 0.15) is 83.1 Å². The minimum absolute atomic E-state index is 0.00271. The summed E-state index contributed by atoms with van der Waals surface area (Å²) in [5.74, 6) is 1.76. The molecule has 158 valence electrons. The Morgan fingerprint density at radius 1 is 1.00 bits per heavy atom. The van der Waals surface area contributed by atoms with Crippen molar-refractivity contribution in [2.75, 3.05) is 6.61 Å². The largest absolute Gasteiger partial charge is 0.426 e. The third-order valence-electron chi connectivity index (χ3n) is 6.70. The topological polar surface area (TPSA) is 59.3 Å². The van der Waals surface area contributed by atoms with E-state index in [1.54, 1.807) is 24.3 Å². The Morgan fingerprint density at radius 3 is 2.48 bits per heavy atom. The fourth-order valence-corrected chi connectivity index (χ4v) is 4.96. The number of nitriles is 1. The van der Waals surface area contributed by atoms with E-state index in [0.717, 1.165) is 38.7 Å². The lowest BCUT2D eigenvalue weighted by Crippen LogP contribution is -2.37. The van der Waals surface area contributed by atoms with Gasteiger partial charge in [0.1, 0.15) is 5.75 Å². The smallest absolute Gasteiger partial charge is 0.314 e. The van der Waals surface area contributed by atoms with E-state index in [2.05, 4.69) is 13.0 Å². The molecule has 0 N–H and O–H groups in total. The van der Waals surface area contributed by atoms with E-state index in [9.17, 15) is 4.79 Å². The standard InChI is InChI=1S/C25H35NO3/c1-2-3-4-5-6-15-28-24-14-11-20-16-22(10-9-21(20)17-24)25(27)29-23-12-7-19(18-26)8-13-23/h7-8,12-13,20-22,24H,2-6,9-11,14-17H2,1H3/t20?,21-,22-,24?/m1/s1. The zero-order valence-corrected chi connectivity index (χ0v) is 17.8. The number of carbonyl (C=O) groups is 1. The zero-order chi connectivity index (χ0) is 20.5. The van der Waals surface area contributed by atoms with Crippen LogP contribution in [0.15, 0.2) is 24.3 Å². The van der Waals surface area contributed by atoms with Gasteiger partial charge in [0.25, 0.3) is 0 Å². The molecule has 0 bridgehead atoms. The van der Waals surface area contributed by atoms with Crippen LogP contribution in [-0.2, 0) is 9.53 Å². The molecule has 2 aliphatic carbocycles. The summed E-state index contributed by atoms with van der Waals surface area (Å²) >= 11 is 0. The fraction of sp³-hybridized carbons (Fsp3) is 0.680. The van der Waals surface area contributed by atoms with Crippen LogP contribution in [0, 0.1) is 29.1 Å². The number of fused-ring (bicyclic) bond motifs is 1. The van der Waals surface area contributed by atoms with Crippen LogP contribution in [0.3, 0.4) is 0 Å². The quantitative estimate of drug-likeness (QED) is 0.290. The molecule has 29 heavy (non-hydrogen) atoms. The maximum Gasteiger partial charge on any atom is 0.314 e. The highest BCUT2D eigenvalue weighted by Crippen LogP contribution is 2.43. The van der Waals surface area contributed by atoms with Crippen molar-refractivity contribution in [2.24, 2.45) is 17.8 Å². The van der Waals surface area contributed by atoms with Gasteiger partial charge in [0.15, 0.2) is 0 Å². The van der Waals surface area contributed by atoms with Gasteiger partial charge < -0.3 is 9.47 Å². The van der Waals surface area contributed by atoms with Gasteiger partial charge in [0, 0.05) is 6.61 Å². The van der Waals surface area contributed by atoms with Gasteiger partial charge >= 0.3 is 5.97 Å². The van der Waals surface area contributed by atoms with Crippen LogP contribution >= 0.6 is 0 Å². The third-order valence-corrected chi connectivity index (χ3v) is 6.70. The van der Waals surface area contributed by atoms with Crippen molar-refractivity contribution in [3.05, 3.63) is 29.8 Å². The number of unbranched alkanes of at least 4 members (excludes halogenated alkanes) is 4. The molecule has 0 aromatic heterocycles. The SMILES string of the molecule is CCCCCCCOC1CCC2C[C@H](C(=O)Oc3ccc(C#N)cc3)CC[C@@H]2C1. The average molecular weight is 398 g/mol. The molecule has 0 aliphatic heterocycles. The first-order chi connectivity index (χ1) is 14.2. The van der Waals surface area contributed by atoms with Crippen LogP contribution in [0.5, 0.6) is 5.75 Å². The summed E-state index contributed by atoms with van der Waals surface area (Å²) in [6.45, 7) is 3.15. The van der Waals surface area contributed by atoms with Gasteiger partial charge in [0.2, 0.25) is 0 Å². The number of ether oxygens (including phenoxy) is 2. The molecule has 2 saturated carbocycles. The number of esters is 1. The van der Waals surface area contributed by atoms with Gasteiger partial charge in [0.05, 0.1) is 23.7 Å². The Bertz CT molecular complexity index is 678. The Labute approximate surface area is 175 Å². The van der Waals surface area contributed by atoms with Crippen molar-refractivity contribution in [3.63, 3.8) is 0 Å². The van der Waals surface area contributed by atoms with Gasteiger partial charge in [-0.05, 0) is 81.0 Å². The van der Waals surface area contributed by atoms with Crippen molar-refractivity contribution in [1.82, 2.24) is 0 Å². The van der Waals surface area contributed by atoms with Crippen molar-refractivity contribution >= 4 is 5.97 Å². The molecule has 2 aliphatic rings. The lowest BCUT2D eigenvalue weighted by atomic mass is 9.67. The number of nitrogens with zero attached hydrogens (tertiary/aromatic N) is 1. The Hall–Kier alpha value is -1.86. The Kier molecular flexibility index (Phi) is 8.55. The number of benzene rings is 1. The molecule has 4 nitrogen and oxygen atoms in total. The molecular formula is C25H35NO3. The van der Waals surface area contributed by atoms with Crippen molar-refractivity contribution < 1.29 is 14.3 Å². The molecule has 4 atom stereocenters. The average Bonchev–Trinajstić information content (AvgIpc) is 2.76. The van der Waals surface area contributed by atoms with E-state index in [-0.39, 0.29) is 11.9 Å². The van der Waals surface area contributed by atoms with Crippen LogP contribution in [0.4, 0.5) is 0 Å². The van der Waals surface area contributed by atoms with Crippen LogP contribution in [-0.4, -0.2) is 18.7 Å². The molecule has 1 aromatic rings. The third kappa shape index (κ3) is 6.57. The van der Waals surface area contributed by atoms with Crippen molar-refractivity contribution in [2.45, 2.75) is 83.7 Å². The number of rotatable bonds is 9. The van der Waals surface area contributed by atoms with Gasteiger partial charge in [-0.25, -0.2) is 0 Å². The molecule has 0 saturated heterocycles. The number of hydrogen-bond acceptors (Lipinski definition) is 4. The first-order valence-corrected chi connectivity index (χ1v) is 11.5. The van der Waals surface area contributed by atoms with Crippen molar-refractivity contribution in [1.29, 1.82) is 5.26 Å². The van der Waals surface area contributed by atoms with E-state index < -0.39 is 0 Å². The predicted octanol–water partition coefficient (Wildman–Crippen LogP) is 6.04. The van der Waals surface area contributed by atoms with Gasteiger partial charge in [-0.15, -0.1) is 0 Å². The summed E-state index contributed by atoms with van der Waals surface area (Å²) in [4.78, 5) is 12.6. The highest BCUT2D eigenvalue weighted by atomic mass is 16.5. The summed E-state index contributed by atoms with van der Waals surface area (Å²) in [6, 6.07) is 8.85. The Balaban J connectivity index is 1.38. The minimum Gasteiger partial charge on any atom is -0.426 e. The fourth-order valence-electron chi connectivity index (χ4n) is 4.96. The summed E-state index contributed by atoms with van der Waals surface area (Å²) in [5, 5.41) is 8.87. The second kappa shape index (κ2) is 11.4. The lowest BCUT2D eigenvalue weighted by Gasteiger charge is -2.41. The highest BCUT2D eigenvalue weighted by molar-refractivity contribution is 5.75. The molecule has 2 unspecified atom stereocenters. The van der Waals surface area contributed by atoms with Crippen LogP contribution in [0.25, 0.3) is 0 Å². The molecule has 1 aromatic carbocycles. The summed E-state index contributed by atoms with van der Waals surface area (Å²) < 4.78 is 11.7. The molecule has 0 amide bonds. The van der Waals surface area contributed by atoms with E-state index in [0.29, 0.717) is 29.3 Å². The van der Waals surface area contributed by atoms with E-state index in [4.69, 9.17) is 14.7 Å².